The van der Waals surface area contributed by atoms with Gasteiger partial charge < -0.3 is 21.3 Å². The second kappa shape index (κ2) is 11.6. The maximum atomic E-state index is 13.1. The summed E-state index contributed by atoms with van der Waals surface area (Å²) in [6.45, 7) is 2.70. The van der Waals surface area contributed by atoms with Gasteiger partial charge >= 0.3 is 0 Å². The second-order valence-electron chi connectivity index (χ2n) is 9.03. The van der Waals surface area contributed by atoms with Crippen molar-refractivity contribution in [3.63, 3.8) is 0 Å². The van der Waals surface area contributed by atoms with Crippen LogP contribution in [0.2, 0.25) is 0 Å². The van der Waals surface area contributed by atoms with Gasteiger partial charge in [-0.05, 0) is 63.6 Å². The number of unbranched alkanes of at least 4 members (excludes halogenated alkanes) is 1. The number of nitrogens with one attached hydrogen (secondary N) is 2. The molecule has 0 unspecified atom stereocenters. The lowest BCUT2D eigenvalue weighted by molar-refractivity contribution is -0.124. The minimum Gasteiger partial charge on any atom is -0.337 e. The maximum Gasteiger partial charge on any atom is 0.261 e. The van der Waals surface area contributed by atoms with E-state index in [1.54, 1.807) is 24.3 Å². The molecule has 194 valence electrons. The average molecular weight is 519 g/mol. The van der Waals surface area contributed by atoms with Gasteiger partial charge in [-0.15, -0.1) is 0 Å². The molecule has 0 radical (unpaired) electrons. The summed E-state index contributed by atoms with van der Waals surface area (Å²) < 4.78 is 46.9. The van der Waals surface area contributed by atoms with Crippen LogP contribution in [0.4, 0.5) is 15.8 Å². The highest BCUT2D eigenvalue weighted by atomic mass is 32.2. The standard InChI is InChI=1S/C24H31FN6O4S/c1-24(2,15-25)23(32)28-17-8-6-9-18(14-17)31-36(33,34)19-10-5-7-16(13-19)21-29-22(35-30-21)20(27)11-3-4-12-26/h5-10,13-14,20,31H,3-4,11-12,15,26-27H2,1-2H3,(H,28,32)/t20-/m0/s1. The molecule has 12 heteroatoms. The molecule has 6 N–H and O–H groups in total. The van der Waals surface area contributed by atoms with E-state index >= 15 is 0 Å². The molecule has 1 atom stereocenters. The molecular weight excluding hydrogens is 487 g/mol. The Kier molecular flexibility index (Phi) is 8.77. The number of hydrogen-bond donors (Lipinski definition) is 4. The van der Waals surface area contributed by atoms with Crippen LogP contribution in [-0.2, 0) is 14.8 Å². The van der Waals surface area contributed by atoms with Gasteiger partial charge in [0, 0.05) is 11.3 Å². The van der Waals surface area contributed by atoms with E-state index in [0.29, 0.717) is 24.2 Å². The summed E-state index contributed by atoms with van der Waals surface area (Å²) in [7, 11) is -3.99. The molecule has 0 aliphatic carbocycles. The van der Waals surface area contributed by atoms with Crippen LogP contribution in [0, 0.1) is 5.41 Å². The van der Waals surface area contributed by atoms with Gasteiger partial charge in [0.15, 0.2) is 0 Å². The molecule has 3 aromatic rings. The fourth-order valence-corrected chi connectivity index (χ4v) is 4.27. The van der Waals surface area contributed by atoms with Crippen molar-refractivity contribution in [2.24, 2.45) is 16.9 Å². The number of hydrogen-bond acceptors (Lipinski definition) is 8. The van der Waals surface area contributed by atoms with Crippen molar-refractivity contribution in [2.45, 2.75) is 44.0 Å². The van der Waals surface area contributed by atoms with Gasteiger partial charge in [0.1, 0.15) is 6.67 Å². The number of alkyl halides is 1. The average Bonchev–Trinajstić information content (AvgIpc) is 3.35. The number of nitrogens with two attached hydrogens (primary N) is 2. The Morgan fingerprint density at radius 2 is 1.86 bits per heavy atom. The first kappa shape index (κ1) is 27.2. The molecule has 0 saturated carbocycles. The highest BCUT2D eigenvalue weighted by molar-refractivity contribution is 7.92. The van der Waals surface area contributed by atoms with Crippen molar-refractivity contribution in [3.8, 4) is 11.4 Å². The van der Waals surface area contributed by atoms with Crippen LogP contribution in [0.25, 0.3) is 11.4 Å². The molecule has 0 aliphatic heterocycles. The number of carbonyl (C=O) groups is 1. The molecule has 0 fully saturated rings. The zero-order valence-electron chi connectivity index (χ0n) is 20.2. The largest absolute Gasteiger partial charge is 0.337 e. The summed E-state index contributed by atoms with van der Waals surface area (Å²) in [5.41, 5.74) is 11.4. The number of carbonyl (C=O) groups excluding carboxylic acids is 1. The summed E-state index contributed by atoms with van der Waals surface area (Å²) in [6.07, 6.45) is 2.31. The molecule has 2 aromatic carbocycles. The molecule has 1 amide bonds. The molecule has 0 spiro atoms. The number of aromatic nitrogens is 2. The third-order valence-electron chi connectivity index (χ3n) is 5.45. The Labute approximate surface area is 209 Å². The third kappa shape index (κ3) is 6.86. The molecule has 3 rings (SSSR count). The molecule has 10 nitrogen and oxygen atoms in total. The van der Waals surface area contributed by atoms with Gasteiger partial charge in [-0.1, -0.05) is 29.8 Å². The Bertz CT molecular complexity index is 1300. The second-order valence-corrected chi connectivity index (χ2v) is 10.7. The van der Waals surface area contributed by atoms with Gasteiger partial charge in [0.05, 0.1) is 22.0 Å². The normalized spacial score (nSPS) is 12.8. The third-order valence-corrected chi connectivity index (χ3v) is 6.83. The van der Waals surface area contributed by atoms with Crippen LogP contribution in [0.1, 0.15) is 45.0 Å². The molecule has 1 heterocycles. The van der Waals surface area contributed by atoms with Gasteiger partial charge in [-0.2, -0.15) is 4.98 Å². The van der Waals surface area contributed by atoms with Crippen LogP contribution < -0.4 is 21.5 Å². The summed E-state index contributed by atoms with van der Waals surface area (Å²) in [5.74, 6) is -0.0315. The quantitative estimate of drug-likeness (QED) is 0.264. The van der Waals surface area contributed by atoms with E-state index in [0.717, 1.165) is 12.8 Å². The zero-order chi connectivity index (χ0) is 26.3. The number of benzene rings is 2. The predicted octanol–water partition coefficient (Wildman–Crippen LogP) is 3.60. The fourth-order valence-electron chi connectivity index (χ4n) is 3.17. The first-order valence-corrected chi connectivity index (χ1v) is 12.9. The molecule has 36 heavy (non-hydrogen) atoms. The first-order valence-electron chi connectivity index (χ1n) is 11.5. The van der Waals surface area contributed by atoms with Crippen LogP contribution in [0.3, 0.4) is 0 Å². The summed E-state index contributed by atoms with van der Waals surface area (Å²) in [5, 5.41) is 6.54. The summed E-state index contributed by atoms with van der Waals surface area (Å²) >= 11 is 0. The highest BCUT2D eigenvalue weighted by Crippen LogP contribution is 2.26. The van der Waals surface area contributed by atoms with Crippen LogP contribution >= 0.6 is 0 Å². The Hall–Kier alpha value is -3.35. The minimum atomic E-state index is -3.99. The minimum absolute atomic E-state index is 0.0217. The molecular formula is C24H31FN6O4S. The number of sulfonamides is 1. The van der Waals surface area contributed by atoms with Gasteiger partial charge in [-0.3, -0.25) is 9.52 Å². The SMILES string of the molecule is CC(C)(CF)C(=O)Nc1cccc(NS(=O)(=O)c2cccc(-c3noc([C@@H](N)CCCCN)n3)c2)c1. The van der Waals surface area contributed by atoms with Crippen LogP contribution in [-0.4, -0.2) is 37.7 Å². The Morgan fingerprint density at radius 3 is 2.58 bits per heavy atom. The van der Waals surface area contributed by atoms with Crippen molar-refractivity contribution >= 4 is 27.3 Å². The molecule has 1 aromatic heterocycles. The van der Waals surface area contributed by atoms with E-state index in [2.05, 4.69) is 20.2 Å². The van der Waals surface area contributed by atoms with E-state index in [1.807, 2.05) is 0 Å². The lowest BCUT2D eigenvalue weighted by Crippen LogP contribution is -2.32. The summed E-state index contributed by atoms with van der Waals surface area (Å²) in [4.78, 5) is 16.5. The molecule has 0 saturated heterocycles. The Balaban J connectivity index is 1.75. The number of anilines is 2. The lowest BCUT2D eigenvalue weighted by atomic mass is 9.94. The van der Waals surface area contributed by atoms with E-state index in [-0.39, 0.29) is 22.3 Å². The van der Waals surface area contributed by atoms with E-state index in [9.17, 15) is 17.6 Å². The molecule has 0 bridgehead atoms. The number of rotatable bonds is 12. The molecule has 0 aliphatic rings. The fraction of sp³-hybridized carbons (Fsp3) is 0.375. The number of halogens is 1. The zero-order valence-corrected chi connectivity index (χ0v) is 21.0. The van der Waals surface area contributed by atoms with E-state index in [4.69, 9.17) is 16.0 Å². The van der Waals surface area contributed by atoms with Crippen molar-refractivity contribution in [1.29, 1.82) is 0 Å². The number of nitrogens with zero attached hydrogens (tertiary/aromatic N) is 2. The first-order chi connectivity index (χ1) is 17.1. The van der Waals surface area contributed by atoms with Crippen LogP contribution in [0.5, 0.6) is 0 Å². The highest BCUT2D eigenvalue weighted by Gasteiger charge is 2.27. The van der Waals surface area contributed by atoms with Crippen LogP contribution in [0.15, 0.2) is 57.9 Å². The monoisotopic (exact) mass is 518 g/mol. The predicted molar refractivity (Wildman–Crippen MR) is 135 cm³/mol. The smallest absolute Gasteiger partial charge is 0.261 e. The van der Waals surface area contributed by atoms with Crippen molar-refractivity contribution in [3.05, 3.63) is 54.4 Å². The van der Waals surface area contributed by atoms with Crippen molar-refractivity contribution in [1.82, 2.24) is 10.1 Å². The van der Waals surface area contributed by atoms with Gasteiger partial charge in [0.2, 0.25) is 17.6 Å². The number of amides is 1. The van der Waals surface area contributed by atoms with Gasteiger partial charge in [0.25, 0.3) is 10.0 Å². The lowest BCUT2D eigenvalue weighted by Gasteiger charge is -2.19. The summed E-state index contributed by atoms with van der Waals surface area (Å²) in [6, 6.07) is 11.8. The van der Waals surface area contributed by atoms with E-state index < -0.39 is 34.1 Å². The van der Waals surface area contributed by atoms with Gasteiger partial charge in [-0.25, -0.2) is 12.8 Å². The van der Waals surface area contributed by atoms with Crippen molar-refractivity contribution in [2.75, 3.05) is 23.3 Å². The van der Waals surface area contributed by atoms with E-state index in [1.165, 1.54) is 38.1 Å². The van der Waals surface area contributed by atoms with Crippen molar-refractivity contribution < 1.29 is 22.1 Å². The topological polar surface area (TPSA) is 166 Å². The Morgan fingerprint density at radius 1 is 1.14 bits per heavy atom. The maximum absolute atomic E-state index is 13.1.